The van der Waals surface area contributed by atoms with Gasteiger partial charge in [-0.05, 0) is 67.5 Å². The van der Waals surface area contributed by atoms with Crippen molar-refractivity contribution in [2.75, 3.05) is 27.4 Å². The Hall–Kier alpha value is -3.32. The molecule has 7 heteroatoms. The van der Waals surface area contributed by atoms with Gasteiger partial charge in [-0.25, -0.2) is 0 Å². The van der Waals surface area contributed by atoms with Crippen LogP contribution in [0.15, 0.2) is 42.0 Å². The van der Waals surface area contributed by atoms with Gasteiger partial charge >= 0.3 is 0 Å². The second kappa shape index (κ2) is 11.4. The summed E-state index contributed by atoms with van der Waals surface area (Å²) >= 11 is 0. The summed E-state index contributed by atoms with van der Waals surface area (Å²) in [5, 5.41) is 11.6. The van der Waals surface area contributed by atoms with E-state index in [1.54, 1.807) is 25.3 Å². The molecule has 1 amide bonds. The van der Waals surface area contributed by atoms with Crippen molar-refractivity contribution in [3.05, 3.63) is 64.2 Å². The SMILES string of the molecule is COc1ccc(C2/C(=C(\O)c3cc(C(C)(C)C)ccc3C)C(=O)C(=O)N2CCCOC(C)C)cc1OC. The van der Waals surface area contributed by atoms with E-state index in [1.165, 1.54) is 12.0 Å². The van der Waals surface area contributed by atoms with Crippen LogP contribution in [0.5, 0.6) is 11.5 Å². The van der Waals surface area contributed by atoms with Gasteiger partial charge in [-0.15, -0.1) is 0 Å². The van der Waals surface area contributed by atoms with Gasteiger partial charge in [-0.2, -0.15) is 0 Å². The Morgan fingerprint density at radius 3 is 2.30 bits per heavy atom. The van der Waals surface area contributed by atoms with E-state index in [1.807, 2.05) is 39.0 Å². The topological polar surface area (TPSA) is 85.3 Å². The first-order valence-corrected chi connectivity index (χ1v) is 12.6. The summed E-state index contributed by atoms with van der Waals surface area (Å²) in [5.41, 5.74) is 2.92. The Balaban J connectivity index is 2.18. The number of ether oxygens (including phenoxy) is 3. The molecule has 0 bridgehead atoms. The number of aliphatic hydroxyl groups is 1. The van der Waals surface area contributed by atoms with E-state index in [2.05, 4.69) is 20.8 Å². The Labute approximate surface area is 220 Å². The maximum absolute atomic E-state index is 13.4. The number of ketones is 1. The van der Waals surface area contributed by atoms with E-state index in [4.69, 9.17) is 14.2 Å². The number of hydrogen-bond donors (Lipinski definition) is 1. The number of carbonyl (C=O) groups is 2. The van der Waals surface area contributed by atoms with Crippen molar-refractivity contribution in [1.82, 2.24) is 4.90 Å². The first-order chi connectivity index (χ1) is 17.4. The first-order valence-electron chi connectivity index (χ1n) is 12.6. The number of aryl methyl sites for hydroxylation is 1. The van der Waals surface area contributed by atoms with E-state index in [-0.39, 0.29) is 22.9 Å². The van der Waals surface area contributed by atoms with Crippen molar-refractivity contribution in [1.29, 1.82) is 0 Å². The van der Waals surface area contributed by atoms with Crippen LogP contribution < -0.4 is 9.47 Å². The molecular weight excluding hydrogens is 470 g/mol. The van der Waals surface area contributed by atoms with Crippen molar-refractivity contribution in [2.24, 2.45) is 0 Å². The first kappa shape index (κ1) is 28.3. The van der Waals surface area contributed by atoms with Gasteiger partial charge in [-0.3, -0.25) is 9.59 Å². The van der Waals surface area contributed by atoms with E-state index in [0.717, 1.165) is 11.1 Å². The van der Waals surface area contributed by atoms with Crippen LogP contribution in [-0.4, -0.2) is 55.2 Å². The summed E-state index contributed by atoms with van der Waals surface area (Å²) in [6, 6.07) is 10.4. The number of methoxy groups -OCH3 is 2. The number of nitrogens with zero attached hydrogens (tertiary/aromatic N) is 1. The molecule has 0 spiro atoms. The second-order valence-corrected chi connectivity index (χ2v) is 10.7. The minimum Gasteiger partial charge on any atom is -0.507 e. The molecule has 0 aromatic heterocycles. The van der Waals surface area contributed by atoms with Crippen LogP contribution in [0, 0.1) is 6.92 Å². The fraction of sp³-hybridized carbons (Fsp3) is 0.467. The lowest BCUT2D eigenvalue weighted by Crippen LogP contribution is -2.31. The molecule has 37 heavy (non-hydrogen) atoms. The van der Waals surface area contributed by atoms with Gasteiger partial charge in [0.2, 0.25) is 0 Å². The normalized spacial score (nSPS) is 17.5. The number of carbonyl (C=O) groups excluding carboxylic acids is 2. The molecule has 7 nitrogen and oxygen atoms in total. The number of amides is 1. The summed E-state index contributed by atoms with van der Waals surface area (Å²) < 4.78 is 16.5. The summed E-state index contributed by atoms with van der Waals surface area (Å²) in [6.07, 6.45) is 0.614. The van der Waals surface area contributed by atoms with Gasteiger partial charge in [0.15, 0.2) is 11.5 Å². The van der Waals surface area contributed by atoms with Gasteiger partial charge in [0.25, 0.3) is 11.7 Å². The van der Waals surface area contributed by atoms with E-state index < -0.39 is 17.7 Å². The smallest absolute Gasteiger partial charge is 0.295 e. The Morgan fingerprint density at radius 1 is 1.03 bits per heavy atom. The van der Waals surface area contributed by atoms with Crippen molar-refractivity contribution in [3.63, 3.8) is 0 Å². The fourth-order valence-corrected chi connectivity index (χ4v) is 4.52. The van der Waals surface area contributed by atoms with Gasteiger partial charge < -0.3 is 24.2 Å². The molecule has 1 saturated heterocycles. The molecule has 2 aromatic carbocycles. The van der Waals surface area contributed by atoms with Crippen LogP contribution in [0.4, 0.5) is 0 Å². The number of rotatable bonds is 9. The molecule has 0 radical (unpaired) electrons. The Bertz CT molecular complexity index is 1190. The van der Waals surface area contributed by atoms with E-state index in [9.17, 15) is 14.7 Å². The molecule has 1 N–H and O–H groups in total. The number of aliphatic hydroxyl groups excluding tert-OH is 1. The van der Waals surface area contributed by atoms with Crippen LogP contribution in [-0.2, 0) is 19.7 Å². The monoisotopic (exact) mass is 509 g/mol. The van der Waals surface area contributed by atoms with Crippen LogP contribution in [0.2, 0.25) is 0 Å². The van der Waals surface area contributed by atoms with E-state index in [0.29, 0.717) is 42.2 Å². The van der Waals surface area contributed by atoms with Crippen molar-refractivity contribution < 1.29 is 28.9 Å². The number of Topliss-reactive ketones (excluding diaryl/α,β-unsaturated/α-hetero) is 1. The summed E-state index contributed by atoms with van der Waals surface area (Å²) in [6.45, 7) is 12.8. The zero-order valence-corrected chi connectivity index (χ0v) is 23.2. The number of likely N-dealkylation sites (tertiary alicyclic amines) is 1. The predicted molar refractivity (Wildman–Crippen MR) is 144 cm³/mol. The molecule has 1 heterocycles. The van der Waals surface area contributed by atoms with Gasteiger partial charge in [0, 0.05) is 18.7 Å². The third kappa shape index (κ3) is 5.99. The zero-order valence-electron chi connectivity index (χ0n) is 23.2. The molecular formula is C30H39NO6. The highest BCUT2D eigenvalue weighted by Gasteiger charge is 2.46. The van der Waals surface area contributed by atoms with Gasteiger partial charge in [-0.1, -0.05) is 39.0 Å². The maximum Gasteiger partial charge on any atom is 0.295 e. The molecule has 2 aromatic rings. The molecule has 1 unspecified atom stereocenters. The van der Waals surface area contributed by atoms with Crippen LogP contribution in [0.3, 0.4) is 0 Å². The molecule has 1 fully saturated rings. The maximum atomic E-state index is 13.4. The standard InChI is InChI=1S/C30H39NO6/c1-18(2)37-15-9-14-31-26(20-11-13-23(35-7)24(16-20)36-8)25(28(33)29(31)34)27(32)22-17-21(30(4,5)6)12-10-19(22)3/h10-13,16-18,26,32H,9,14-15H2,1-8H3/b27-25+. The third-order valence-corrected chi connectivity index (χ3v) is 6.62. The number of benzene rings is 2. The highest BCUT2D eigenvalue weighted by Crippen LogP contribution is 2.42. The van der Waals surface area contributed by atoms with Crippen molar-refractivity contribution >= 4 is 17.4 Å². The fourth-order valence-electron chi connectivity index (χ4n) is 4.52. The van der Waals surface area contributed by atoms with Gasteiger partial charge in [0.05, 0.1) is 31.9 Å². The van der Waals surface area contributed by atoms with Crippen LogP contribution >= 0.6 is 0 Å². The molecule has 0 saturated carbocycles. The summed E-state index contributed by atoms with van der Waals surface area (Å²) in [7, 11) is 3.08. The Morgan fingerprint density at radius 2 is 1.70 bits per heavy atom. The average molecular weight is 510 g/mol. The molecule has 1 aliphatic heterocycles. The Kier molecular flexibility index (Phi) is 8.69. The minimum absolute atomic E-state index is 0.0649. The van der Waals surface area contributed by atoms with E-state index >= 15 is 0 Å². The lowest BCUT2D eigenvalue weighted by Gasteiger charge is -2.26. The zero-order chi connectivity index (χ0) is 27.5. The largest absolute Gasteiger partial charge is 0.507 e. The van der Waals surface area contributed by atoms with Gasteiger partial charge in [0.1, 0.15) is 5.76 Å². The van der Waals surface area contributed by atoms with Crippen molar-refractivity contribution in [3.8, 4) is 11.5 Å². The molecule has 1 aliphatic rings. The van der Waals surface area contributed by atoms with Crippen molar-refractivity contribution in [2.45, 2.75) is 65.5 Å². The summed E-state index contributed by atoms with van der Waals surface area (Å²) in [5.74, 6) is -0.525. The summed E-state index contributed by atoms with van der Waals surface area (Å²) in [4.78, 5) is 28.2. The number of hydrogen-bond acceptors (Lipinski definition) is 6. The molecule has 200 valence electrons. The van der Waals surface area contributed by atoms with Crippen LogP contribution in [0.25, 0.3) is 5.76 Å². The third-order valence-electron chi connectivity index (χ3n) is 6.62. The lowest BCUT2D eigenvalue weighted by molar-refractivity contribution is -0.140. The molecule has 3 rings (SSSR count). The van der Waals surface area contributed by atoms with Crippen LogP contribution in [0.1, 0.15) is 69.3 Å². The highest BCUT2D eigenvalue weighted by molar-refractivity contribution is 6.46. The quantitative estimate of drug-likeness (QED) is 0.207. The highest BCUT2D eigenvalue weighted by atomic mass is 16.5. The molecule has 1 atom stereocenters. The molecule has 0 aliphatic carbocycles. The average Bonchev–Trinajstić information content (AvgIpc) is 3.10. The minimum atomic E-state index is -0.781. The second-order valence-electron chi connectivity index (χ2n) is 10.7. The predicted octanol–water partition coefficient (Wildman–Crippen LogP) is 5.55. The lowest BCUT2D eigenvalue weighted by atomic mass is 9.84.